The lowest BCUT2D eigenvalue weighted by Gasteiger charge is -2.24. The number of rotatable bonds is 2. The van der Waals surface area contributed by atoms with Crippen molar-refractivity contribution in [3.05, 3.63) is 18.2 Å². The highest BCUT2D eigenvalue weighted by atomic mass is 16.6. The molecule has 0 saturated carbocycles. The fourth-order valence-corrected chi connectivity index (χ4v) is 2.11. The van der Waals surface area contributed by atoms with E-state index >= 15 is 0 Å². The third-order valence-corrected chi connectivity index (χ3v) is 3.09. The van der Waals surface area contributed by atoms with Crippen molar-refractivity contribution in [3.63, 3.8) is 0 Å². The zero-order chi connectivity index (χ0) is 14.8. The fraction of sp³-hybridized carbons (Fsp3) is 0.643. The van der Waals surface area contributed by atoms with Gasteiger partial charge in [0, 0.05) is 19.0 Å². The summed E-state index contributed by atoms with van der Waals surface area (Å²) in [6, 6.07) is 0. The van der Waals surface area contributed by atoms with Gasteiger partial charge in [0.1, 0.15) is 11.4 Å². The fourth-order valence-electron chi connectivity index (χ4n) is 2.11. The third-order valence-electron chi connectivity index (χ3n) is 3.09. The van der Waals surface area contributed by atoms with E-state index in [2.05, 4.69) is 9.97 Å². The summed E-state index contributed by atoms with van der Waals surface area (Å²) in [7, 11) is 1.58. The Morgan fingerprint density at radius 2 is 2.00 bits per heavy atom. The van der Waals surface area contributed by atoms with Gasteiger partial charge in [-0.05, 0) is 27.2 Å². The maximum Gasteiger partial charge on any atom is 0.410 e. The Hall–Kier alpha value is -1.85. The molecule has 110 valence electrons. The summed E-state index contributed by atoms with van der Waals surface area (Å²) in [5, 5.41) is 0. The Kier molecular flexibility index (Phi) is 4.11. The predicted molar refractivity (Wildman–Crippen MR) is 73.7 cm³/mol. The van der Waals surface area contributed by atoms with Gasteiger partial charge in [-0.2, -0.15) is 0 Å². The number of methoxy groups -OCH3 is 1. The maximum atomic E-state index is 12.0. The highest BCUT2D eigenvalue weighted by molar-refractivity contribution is 5.68. The molecule has 1 saturated heterocycles. The number of aromatic nitrogens is 2. The SMILES string of the molecule is COc1cnc(C2CCN(C(=O)OC(C)(C)C)C2)nc1. The molecular weight excluding hydrogens is 258 g/mol. The zero-order valence-electron chi connectivity index (χ0n) is 12.4. The van der Waals surface area contributed by atoms with Crippen LogP contribution in [0.2, 0.25) is 0 Å². The first-order chi connectivity index (χ1) is 9.39. The van der Waals surface area contributed by atoms with Gasteiger partial charge in [-0.15, -0.1) is 0 Å². The molecule has 0 bridgehead atoms. The standard InChI is InChI=1S/C14H21N3O3/c1-14(2,3)20-13(18)17-6-5-10(9-17)12-15-7-11(19-4)8-16-12/h7-8,10H,5-6,9H2,1-4H3. The number of carbonyl (C=O) groups excluding carboxylic acids is 1. The number of amides is 1. The molecule has 1 unspecified atom stereocenters. The van der Waals surface area contributed by atoms with Gasteiger partial charge in [0.05, 0.1) is 19.5 Å². The molecule has 1 aliphatic heterocycles. The van der Waals surface area contributed by atoms with Gasteiger partial charge >= 0.3 is 6.09 Å². The number of hydrogen-bond donors (Lipinski definition) is 0. The minimum absolute atomic E-state index is 0.161. The van der Waals surface area contributed by atoms with Crippen LogP contribution in [0.5, 0.6) is 5.75 Å². The van der Waals surface area contributed by atoms with E-state index in [1.54, 1.807) is 24.4 Å². The minimum Gasteiger partial charge on any atom is -0.494 e. The van der Waals surface area contributed by atoms with Crippen molar-refractivity contribution >= 4 is 6.09 Å². The Morgan fingerprint density at radius 3 is 2.55 bits per heavy atom. The molecule has 0 N–H and O–H groups in total. The lowest BCUT2D eigenvalue weighted by atomic mass is 10.1. The second-order valence-electron chi connectivity index (χ2n) is 5.89. The second kappa shape index (κ2) is 5.64. The lowest BCUT2D eigenvalue weighted by molar-refractivity contribution is 0.0292. The van der Waals surface area contributed by atoms with Crippen molar-refractivity contribution in [2.45, 2.75) is 38.7 Å². The van der Waals surface area contributed by atoms with E-state index < -0.39 is 5.60 Å². The van der Waals surface area contributed by atoms with E-state index in [0.29, 0.717) is 18.8 Å². The van der Waals surface area contributed by atoms with Crippen LogP contribution in [-0.4, -0.2) is 46.8 Å². The average Bonchev–Trinajstić information content (AvgIpc) is 2.86. The summed E-state index contributed by atoms with van der Waals surface area (Å²) in [6.07, 6.45) is 3.89. The smallest absolute Gasteiger partial charge is 0.410 e. The normalized spacial score (nSPS) is 19.0. The maximum absolute atomic E-state index is 12.0. The number of hydrogen-bond acceptors (Lipinski definition) is 5. The molecule has 1 amide bonds. The molecule has 2 heterocycles. The van der Waals surface area contributed by atoms with Gasteiger partial charge in [0.15, 0.2) is 5.75 Å². The first-order valence-corrected chi connectivity index (χ1v) is 6.73. The molecular formula is C14H21N3O3. The van der Waals surface area contributed by atoms with Crippen LogP contribution in [-0.2, 0) is 4.74 Å². The Balaban J connectivity index is 1.96. The topological polar surface area (TPSA) is 64.5 Å². The molecule has 6 nitrogen and oxygen atoms in total. The number of likely N-dealkylation sites (tertiary alicyclic amines) is 1. The molecule has 2 rings (SSSR count). The Bertz CT molecular complexity index is 468. The number of ether oxygens (including phenoxy) is 2. The highest BCUT2D eigenvalue weighted by Gasteiger charge is 2.31. The summed E-state index contributed by atoms with van der Waals surface area (Å²) in [5.74, 6) is 1.54. The van der Waals surface area contributed by atoms with Gasteiger partial charge in [-0.3, -0.25) is 0 Å². The van der Waals surface area contributed by atoms with Crippen LogP contribution in [0.15, 0.2) is 12.4 Å². The minimum atomic E-state index is -0.466. The highest BCUT2D eigenvalue weighted by Crippen LogP contribution is 2.26. The summed E-state index contributed by atoms with van der Waals surface area (Å²) in [4.78, 5) is 22.3. The molecule has 1 atom stereocenters. The van der Waals surface area contributed by atoms with Crippen molar-refractivity contribution in [2.24, 2.45) is 0 Å². The van der Waals surface area contributed by atoms with Crippen LogP contribution in [0.25, 0.3) is 0 Å². The van der Waals surface area contributed by atoms with Crippen LogP contribution < -0.4 is 4.74 Å². The summed E-state index contributed by atoms with van der Waals surface area (Å²) < 4.78 is 10.4. The summed E-state index contributed by atoms with van der Waals surface area (Å²) in [6.45, 7) is 6.87. The summed E-state index contributed by atoms with van der Waals surface area (Å²) >= 11 is 0. The van der Waals surface area contributed by atoms with E-state index in [4.69, 9.17) is 9.47 Å². The van der Waals surface area contributed by atoms with Gasteiger partial charge in [0.2, 0.25) is 0 Å². The van der Waals surface area contributed by atoms with Crippen LogP contribution in [0.3, 0.4) is 0 Å². The molecule has 6 heteroatoms. The first kappa shape index (κ1) is 14.6. The molecule has 0 radical (unpaired) electrons. The molecule has 0 aliphatic carbocycles. The average molecular weight is 279 g/mol. The summed E-state index contributed by atoms with van der Waals surface area (Å²) in [5.41, 5.74) is -0.466. The molecule has 1 aliphatic rings. The quantitative estimate of drug-likeness (QED) is 0.830. The van der Waals surface area contributed by atoms with Crippen molar-refractivity contribution in [1.29, 1.82) is 0 Å². The molecule has 1 aromatic rings. The van der Waals surface area contributed by atoms with E-state index in [-0.39, 0.29) is 12.0 Å². The van der Waals surface area contributed by atoms with E-state index in [0.717, 1.165) is 12.2 Å². The van der Waals surface area contributed by atoms with Crippen molar-refractivity contribution in [1.82, 2.24) is 14.9 Å². The zero-order valence-corrected chi connectivity index (χ0v) is 12.4. The van der Waals surface area contributed by atoms with E-state index in [9.17, 15) is 4.79 Å². The number of nitrogens with zero attached hydrogens (tertiary/aromatic N) is 3. The van der Waals surface area contributed by atoms with Crippen LogP contribution in [0.4, 0.5) is 4.79 Å². The van der Waals surface area contributed by atoms with Crippen LogP contribution >= 0.6 is 0 Å². The van der Waals surface area contributed by atoms with E-state index in [1.807, 2.05) is 20.8 Å². The van der Waals surface area contributed by atoms with Crippen molar-refractivity contribution < 1.29 is 14.3 Å². The van der Waals surface area contributed by atoms with Crippen molar-refractivity contribution in [2.75, 3.05) is 20.2 Å². The Morgan fingerprint density at radius 1 is 1.35 bits per heavy atom. The molecule has 20 heavy (non-hydrogen) atoms. The Labute approximate surface area is 119 Å². The monoisotopic (exact) mass is 279 g/mol. The molecule has 1 aromatic heterocycles. The number of carbonyl (C=O) groups is 1. The van der Waals surface area contributed by atoms with E-state index in [1.165, 1.54) is 0 Å². The lowest BCUT2D eigenvalue weighted by Crippen LogP contribution is -2.35. The molecule has 0 spiro atoms. The van der Waals surface area contributed by atoms with Gasteiger partial charge < -0.3 is 14.4 Å². The van der Waals surface area contributed by atoms with Gasteiger partial charge in [-0.25, -0.2) is 14.8 Å². The van der Waals surface area contributed by atoms with Crippen LogP contribution in [0.1, 0.15) is 38.9 Å². The largest absolute Gasteiger partial charge is 0.494 e. The van der Waals surface area contributed by atoms with Gasteiger partial charge in [0.25, 0.3) is 0 Å². The van der Waals surface area contributed by atoms with Crippen molar-refractivity contribution in [3.8, 4) is 5.75 Å². The van der Waals surface area contributed by atoms with Gasteiger partial charge in [-0.1, -0.05) is 0 Å². The third kappa shape index (κ3) is 3.59. The van der Waals surface area contributed by atoms with Crippen LogP contribution in [0, 0.1) is 0 Å². The molecule has 1 fully saturated rings. The first-order valence-electron chi connectivity index (χ1n) is 6.73. The second-order valence-corrected chi connectivity index (χ2v) is 5.89. The predicted octanol–water partition coefficient (Wildman–Crippen LogP) is 2.21. The molecule has 0 aromatic carbocycles.